The summed E-state index contributed by atoms with van der Waals surface area (Å²) < 4.78 is 13.1. The lowest BCUT2D eigenvalue weighted by molar-refractivity contribution is 0.0740. The Morgan fingerprint density at radius 3 is 2.79 bits per heavy atom. The van der Waals surface area contributed by atoms with Gasteiger partial charge in [-0.25, -0.2) is 4.39 Å². The van der Waals surface area contributed by atoms with Crippen molar-refractivity contribution in [3.63, 3.8) is 0 Å². The van der Waals surface area contributed by atoms with E-state index >= 15 is 0 Å². The highest BCUT2D eigenvalue weighted by molar-refractivity contribution is 5.98. The number of amides is 1. The van der Waals surface area contributed by atoms with Crippen LogP contribution in [0.3, 0.4) is 0 Å². The first-order valence-electron chi connectivity index (χ1n) is 6.52. The highest BCUT2D eigenvalue weighted by Crippen LogP contribution is 2.25. The van der Waals surface area contributed by atoms with E-state index in [2.05, 4.69) is 5.32 Å². The summed E-state index contributed by atoms with van der Waals surface area (Å²) in [6.45, 7) is 3.44. The fourth-order valence-corrected chi connectivity index (χ4v) is 2.87. The Hall–Kier alpha value is -1.13. The van der Waals surface area contributed by atoms with Crippen LogP contribution in [-0.4, -0.2) is 30.4 Å². The summed E-state index contributed by atoms with van der Waals surface area (Å²) in [7, 11) is 0. The zero-order valence-electron chi connectivity index (χ0n) is 10.7. The summed E-state index contributed by atoms with van der Waals surface area (Å²) in [5.41, 5.74) is 1.50. The van der Waals surface area contributed by atoms with Gasteiger partial charge in [0.05, 0.1) is 0 Å². The van der Waals surface area contributed by atoms with Crippen LogP contribution in [0.4, 0.5) is 4.39 Å². The second-order valence-corrected chi connectivity index (χ2v) is 5.18. The maximum atomic E-state index is 13.1. The molecule has 0 saturated carbocycles. The molecule has 2 heterocycles. The predicted octanol–water partition coefficient (Wildman–Crippen LogP) is 2.20. The van der Waals surface area contributed by atoms with Gasteiger partial charge in [0.15, 0.2) is 0 Å². The molecule has 1 fully saturated rings. The second-order valence-electron chi connectivity index (χ2n) is 5.18. The number of piperidine rings is 1. The zero-order valence-corrected chi connectivity index (χ0v) is 11.5. The number of hydrogen-bond donors (Lipinski definition) is 1. The van der Waals surface area contributed by atoms with Crippen molar-refractivity contribution in [1.82, 2.24) is 10.2 Å². The number of benzene rings is 1. The monoisotopic (exact) mass is 284 g/mol. The summed E-state index contributed by atoms with van der Waals surface area (Å²) in [4.78, 5) is 14.0. The van der Waals surface area contributed by atoms with E-state index in [1.165, 1.54) is 12.1 Å². The van der Waals surface area contributed by atoms with Gasteiger partial charge in [-0.05, 0) is 55.6 Å². The fraction of sp³-hybridized carbons (Fsp3) is 0.500. The Morgan fingerprint density at radius 2 is 2.05 bits per heavy atom. The maximum absolute atomic E-state index is 13.1. The topological polar surface area (TPSA) is 32.3 Å². The Kier molecular flexibility index (Phi) is 4.42. The number of carbonyl (C=O) groups excluding carboxylic acids is 1. The third-order valence-corrected chi connectivity index (χ3v) is 3.88. The molecule has 3 nitrogen and oxygen atoms in total. The number of carbonyl (C=O) groups is 1. The van der Waals surface area contributed by atoms with Crippen molar-refractivity contribution in [1.29, 1.82) is 0 Å². The molecular formula is C14H18ClFN2O. The molecule has 0 radical (unpaired) electrons. The lowest BCUT2D eigenvalue weighted by Gasteiger charge is -2.27. The molecule has 0 aliphatic carbocycles. The van der Waals surface area contributed by atoms with Gasteiger partial charge in [-0.1, -0.05) is 0 Å². The molecule has 1 aromatic carbocycles. The Balaban J connectivity index is 0.00000133. The van der Waals surface area contributed by atoms with Crippen molar-refractivity contribution in [3.8, 4) is 0 Å². The summed E-state index contributed by atoms with van der Waals surface area (Å²) in [5, 5.41) is 3.32. The van der Waals surface area contributed by atoms with E-state index in [4.69, 9.17) is 0 Å². The summed E-state index contributed by atoms with van der Waals surface area (Å²) in [6.07, 6.45) is 2.24. The molecule has 0 spiro atoms. The van der Waals surface area contributed by atoms with Gasteiger partial charge < -0.3 is 10.2 Å². The molecule has 0 bridgehead atoms. The second kappa shape index (κ2) is 5.88. The van der Waals surface area contributed by atoms with Gasteiger partial charge >= 0.3 is 0 Å². The van der Waals surface area contributed by atoms with Crippen molar-refractivity contribution >= 4 is 18.3 Å². The van der Waals surface area contributed by atoms with Gasteiger partial charge in [-0.15, -0.1) is 12.4 Å². The molecular weight excluding hydrogens is 267 g/mol. The fourth-order valence-electron chi connectivity index (χ4n) is 2.87. The van der Waals surface area contributed by atoms with Gasteiger partial charge in [0.2, 0.25) is 0 Å². The van der Waals surface area contributed by atoms with Crippen LogP contribution in [0.25, 0.3) is 0 Å². The number of halogens is 2. The standard InChI is InChI=1S/C14H17FN2O.ClH/c15-12-1-2-13-11(7-12)9-17(14(13)18)8-10-3-5-16-6-4-10;/h1-2,7,10,16H,3-6,8-9H2;1H. The third-order valence-electron chi connectivity index (χ3n) is 3.88. The zero-order chi connectivity index (χ0) is 12.5. The molecule has 1 N–H and O–H groups in total. The first-order valence-corrected chi connectivity index (χ1v) is 6.52. The number of rotatable bonds is 2. The van der Waals surface area contributed by atoms with Crippen LogP contribution in [0, 0.1) is 11.7 Å². The van der Waals surface area contributed by atoms with Crippen molar-refractivity contribution in [2.45, 2.75) is 19.4 Å². The van der Waals surface area contributed by atoms with Crippen LogP contribution < -0.4 is 5.32 Å². The molecule has 19 heavy (non-hydrogen) atoms. The molecule has 1 amide bonds. The number of nitrogens with zero attached hydrogens (tertiary/aromatic N) is 1. The lowest BCUT2D eigenvalue weighted by Crippen LogP contribution is -2.36. The molecule has 3 rings (SSSR count). The van der Waals surface area contributed by atoms with E-state index in [-0.39, 0.29) is 24.1 Å². The summed E-state index contributed by atoms with van der Waals surface area (Å²) in [5.74, 6) is 0.378. The van der Waals surface area contributed by atoms with Crippen LogP contribution >= 0.6 is 12.4 Å². The summed E-state index contributed by atoms with van der Waals surface area (Å²) in [6, 6.07) is 4.45. The smallest absolute Gasteiger partial charge is 0.254 e. The summed E-state index contributed by atoms with van der Waals surface area (Å²) >= 11 is 0. The van der Waals surface area contributed by atoms with Crippen molar-refractivity contribution in [2.24, 2.45) is 5.92 Å². The van der Waals surface area contributed by atoms with E-state index in [1.807, 2.05) is 4.90 Å². The highest BCUT2D eigenvalue weighted by atomic mass is 35.5. The molecule has 1 saturated heterocycles. The van der Waals surface area contributed by atoms with Crippen LogP contribution in [0.5, 0.6) is 0 Å². The molecule has 0 atom stereocenters. The van der Waals surface area contributed by atoms with Crippen molar-refractivity contribution in [2.75, 3.05) is 19.6 Å². The molecule has 2 aliphatic rings. The Morgan fingerprint density at radius 1 is 1.32 bits per heavy atom. The largest absolute Gasteiger partial charge is 0.334 e. The molecule has 104 valence electrons. The molecule has 5 heteroatoms. The Labute approximate surface area is 118 Å². The van der Waals surface area contributed by atoms with Crippen molar-refractivity contribution < 1.29 is 9.18 Å². The molecule has 0 unspecified atom stereocenters. The predicted molar refractivity (Wildman–Crippen MR) is 74.0 cm³/mol. The minimum atomic E-state index is -0.259. The molecule has 2 aliphatic heterocycles. The van der Waals surface area contributed by atoms with Gasteiger partial charge in [0, 0.05) is 18.7 Å². The van der Waals surface area contributed by atoms with E-state index in [0.29, 0.717) is 18.0 Å². The quantitative estimate of drug-likeness (QED) is 0.903. The number of hydrogen-bond acceptors (Lipinski definition) is 2. The normalized spacial score (nSPS) is 19.2. The average Bonchev–Trinajstić information content (AvgIpc) is 2.67. The Bertz CT molecular complexity index is 475. The van der Waals surface area contributed by atoms with E-state index < -0.39 is 0 Å². The van der Waals surface area contributed by atoms with Gasteiger partial charge in [-0.3, -0.25) is 4.79 Å². The van der Waals surface area contributed by atoms with Crippen LogP contribution in [0.2, 0.25) is 0 Å². The highest BCUT2D eigenvalue weighted by Gasteiger charge is 2.29. The molecule has 0 aromatic heterocycles. The van der Waals surface area contributed by atoms with Crippen molar-refractivity contribution in [3.05, 3.63) is 35.1 Å². The lowest BCUT2D eigenvalue weighted by atomic mass is 9.98. The minimum absolute atomic E-state index is 0. The third kappa shape index (κ3) is 2.90. The maximum Gasteiger partial charge on any atom is 0.254 e. The van der Waals surface area contributed by atoms with E-state index in [0.717, 1.165) is 38.0 Å². The minimum Gasteiger partial charge on any atom is -0.334 e. The van der Waals surface area contributed by atoms with Gasteiger partial charge in [0.1, 0.15) is 5.82 Å². The van der Waals surface area contributed by atoms with Gasteiger partial charge in [0.25, 0.3) is 5.91 Å². The first-order chi connectivity index (χ1) is 8.74. The SMILES string of the molecule is Cl.O=C1c2ccc(F)cc2CN1CC1CCNCC1. The van der Waals surface area contributed by atoms with Crippen LogP contribution in [0.1, 0.15) is 28.8 Å². The van der Waals surface area contributed by atoms with Gasteiger partial charge in [-0.2, -0.15) is 0 Å². The van der Waals surface area contributed by atoms with Crippen LogP contribution in [0.15, 0.2) is 18.2 Å². The molecule has 1 aromatic rings. The average molecular weight is 285 g/mol. The first kappa shape index (κ1) is 14.3. The van der Waals surface area contributed by atoms with E-state index in [1.54, 1.807) is 6.07 Å². The van der Waals surface area contributed by atoms with E-state index in [9.17, 15) is 9.18 Å². The number of nitrogens with one attached hydrogen (secondary N) is 1. The van der Waals surface area contributed by atoms with Crippen LogP contribution in [-0.2, 0) is 6.54 Å². The number of fused-ring (bicyclic) bond motifs is 1.